The molecule has 0 aliphatic carbocycles. The second-order valence-electron chi connectivity index (χ2n) is 8.49. The van der Waals surface area contributed by atoms with Crippen molar-refractivity contribution in [3.05, 3.63) is 0 Å². The molecule has 0 aromatic carbocycles. The van der Waals surface area contributed by atoms with Gasteiger partial charge in [0, 0.05) is 56.3 Å². The number of hydrogen-bond acceptors (Lipinski definition) is 15. The van der Waals surface area contributed by atoms with Gasteiger partial charge in [-0.3, -0.25) is 58.2 Å². The van der Waals surface area contributed by atoms with Gasteiger partial charge >= 0.3 is 0 Å². The zero-order chi connectivity index (χ0) is 34.8. The first-order chi connectivity index (χ1) is 21.2. The zero-order valence-electron chi connectivity index (χ0n) is 25.6. The Morgan fingerprint density at radius 2 is 0.543 bits per heavy atom. The van der Waals surface area contributed by atoms with E-state index in [4.69, 9.17) is 52.3 Å². The van der Waals surface area contributed by atoms with E-state index in [1.54, 1.807) is 41.5 Å². The molecule has 0 saturated carbocycles. The Bertz CT molecular complexity index is 1140. The van der Waals surface area contributed by atoms with Crippen LogP contribution in [0, 0.1) is 0 Å². The number of carbonyl (C=O) groups excluding carboxylic acids is 6. The van der Waals surface area contributed by atoms with Crippen LogP contribution in [0.4, 0.5) is 0 Å². The third kappa shape index (κ3) is 8.23. The summed E-state index contributed by atoms with van der Waals surface area (Å²) in [6.07, 6.45) is 0. The van der Waals surface area contributed by atoms with Crippen LogP contribution < -0.4 is 0 Å². The third-order valence-corrected chi connectivity index (χ3v) is 7.59. The molecule has 3 heterocycles. The van der Waals surface area contributed by atoms with E-state index in [2.05, 4.69) is 15.5 Å². The van der Waals surface area contributed by atoms with Crippen LogP contribution in [-0.4, -0.2) is 152 Å². The predicted octanol–water partition coefficient (Wildman–Crippen LogP) is -0.566. The van der Waals surface area contributed by atoms with Crippen LogP contribution >= 0.6 is 36.7 Å². The SMILES string of the molecule is CCN1C(=O)C(=NO)C(=O)N(CC)C1=S.CCN1C(=O)C(=NO)C(=O)N(CC)C1=S.CCN1C(=O)C(=NO)C(=O)N(CC)C1=S.[Fe]. The summed E-state index contributed by atoms with van der Waals surface area (Å²) in [5, 5.41) is 34.4. The Morgan fingerprint density at radius 1 is 0.413 bits per heavy atom. The van der Waals surface area contributed by atoms with Crippen molar-refractivity contribution in [2.75, 3.05) is 39.3 Å². The van der Waals surface area contributed by atoms with E-state index in [-0.39, 0.29) is 32.4 Å². The topological polar surface area (TPSA) is 220 Å². The van der Waals surface area contributed by atoms with Gasteiger partial charge < -0.3 is 15.6 Å². The van der Waals surface area contributed by atoms with Gasteiger partial charge in [-0.1, -0.05) is 15.5 Å². The number of rotatable bonds is 6. The van der Waals surface area contributed by atoms with E-state index in [1.807, 2.05) is 0 Å². The summed E-state index contributed by atoms with van der Waals surface area (Å²) in [5.41, 5.74) is -1.48. The Kier molecular flexibility index (Phi) is 17.2. The Morgan fingerprint density at radius 3 is 0.630 bits per heavy atom. The molecule has 0 radical (unpaired) electrons. The molecule has 0 spiro atoms. The molecule has 3 aliphatic rings. The molecule has 22 heteroatoms. The first kappa shape index (κ1) is 42.0. The number of carbonyl (C=O) groups is 6. The van der Waals surface area contributed by atoms with Crippen LogP contribution in [-0.2, 0) is 45.8 Å². The summed E-state index contributed by atoms with van der Waals surface area (Å²) in [4.78, 5) is 76.7. The fourth-order valence-corrected chi connectivity index (χ4v) is 5.20. The standard InChI is InChI=1S/3C8H11N3O3S.Fe/c3*1-3-10-6(12)5(9-14)7(13)11(4-2)8(10)15;/h3*14H,3-4H2,1-2H3;. The van der Waals surface area contributed by atoms with Crippen LogP contribution in [0.25, 0.3) is 0 Å². The van der Waals surface area contributed by atoms with E-state index in [0.29, 0.717) is 39.3 Å². The number of amides is 6. The van der Waals surface area contributed by atoms with Gasteiger partial charge in [0.2, 0.25) is 17.1 Å². The molecule has 3 fully saturated rings. The maximum Gasteiger partial charge on any atom is 0.287 e. The number of nitrogens with zero attached hydrogens (tertiary/aromatic N) is 9. The van der Waals surface area contributed by atoms with E-state index in [0.717, 1.165) is 0 Å². The van der Waals surface area contributed by atoms with Crippen LogP contribution in [0.2, 0.25) is 0 Å². The average molecular weight is 744 g/mol. The van der Waals surface area contributed by atoms with Crippen molar-refractivity contribution in [3.8, 4) is 0 Å². The van der Waals surface area contributed by atoms with Gasteiger partial charge in [-0.2, -0.15) is 0 Å². The van der Waals surface area contributed by atoms with Crippen molar-refractivity contribution in [2.24, 2.45) is 15.5 Å². The summed E-state index contributed by atoms with van der Waals surface area (Å²) in [6.45, 7) is 12.4. The Hall–Kier alpha value is -3.98. The van der Waals surface area contributed by atoms with Gasteiger partial charge in [0.05, 0.1) is 0 Å². The third-order valence-electron chi connectivity index (χ3n) is 6.27. The monoisotopic (exact) mass is 743 g/mol. The molecule has 3 N–H and O–H groups in total. The molecular weight excluding hydrogens is 710 g/mol. The summed E-state index contributed by atoms with van der Waals surface area (Å²) in [6, 6.07) is 0. The second kappa shape index (κ2) is 18.9. The first-order valence-electron chi connectivity index (χ1n) is 13.4. The molecule has 0 aromatic heterocycles. The van der Waals surface area contributed by atoms with Crippen LogP contribution in [0.3, 0.4) is 0 Å². The van der Waals surface area contributed by atoms with Crippen molar-refractivity contribution >= 4 is 105 Å². The minimum atomic E-state index is -0.653. The summed E-state index contributed by atoms with van der Waals surface area (Å²) in [5.74, 6) is -3.92. The van der Waals surface area contributed by atoms with Crippen molar-refractivity contribution in [3.63, 3.8) is 0 Å². The zero-order valence-corrected chi connectivity index (χ0v) is 29.2. The van der Waals surface area contributed by atoms with Gasteiger partial charge in [-0.15, -0.1) is 0 Å². The molecular formula is C24H33FeN9O9S3. The van der Waals surface area contributed by atoms with Crippen molar-refractivity contribution < 1.29 is 61.5 Å². The average Bonchev–Trinajstić information content (AvgIpc) is 3.00. The molecule has 18 nitrogen and oxygen atoms in total. The molecule has 254 valence electrons. The summed E-state index contributed by atoms with van der Waals surface area (Å²) in [7, 11) is 0. The van der Waals surface area contributed by atoms with Crippen molar-refractivity contribution in [1.82, 2.24) is 29.4 Å². The molecule has 3 saturated heterocycles. The fraction of sp³-hybridized carbons (Fsp3) is 0.500. The minimum absolute atomic E-state index is 0. The molecule has 0 aromatic rings. The molecule has 0 unspecified atom stereocenters. The smallest absolute Gasteiger partial charge is 0.287 e. The van der Waals surface area contributed by atoms with Crippen LogP contribution in [0.5, 0.6) is 0 Å². The normalized spacial score (nSPS) is 17.1. The van der Waals surface area contributed by atoms with E-state index >= 15 is 0 Å². The van der Waals surface area contributed by atoms with Gasteiger partial charge in [0.1, 0.15) is 0 Å². The number of oxime groups is 3. The Labute approximate surface area is 290 Å². The first-order valence-corrected chi connectivity index (χ1v) is 14.7. The minimum Gasteiger partial charge on any atom is -0.410 e. The molecule has 3 aliphatic heterocycles. The maximum atomic E-state index is 11.6. The van der Waals surface area contributed by atoms with Crippen LogP contribution in [0.1, 0.15) is 41.5 Å². The molecule has 6 amide bonds. The Balaban J connectivity index is 0.000000653. The van der Waals surface area contributed by atoms with E-state index in [1.165, 1.54) is 29.4 Å². The van der Waals surface area contributed by atoms with Gasteiger partial charge in [-0.25, -0.2) is 0 Å². The van der Waals surface area contributed by atoms with Gasteiger partial charge in [0.25, 0.3) is 35.4 Å². The van der Waals surface area contributed by atoms with E-state index < -0.39 is 52.6 Å². The van der Waals surface area contributed by atoms with Crippen LogP contribution in [0.15, 0.2) is 15.5 Å². The molecule has 46 heavy (non-hydrogen) atoms. The molecule has 3 rings (SSSR count). The van der Waals surface area contributed by atoms with E-state index in [9.17, 15) is 28.8 Å². The van der Waals surface area contributed by atoms with Gasteiger partial charge in [0.15, 0.2) is 15.3 Å². The van der Waals surface area contributed by atoms with Crippen molar-refractivity contribution in [1.29, 1.82) is 0 Å². The second-order valence-corrected chi connectivity index (χ2v) is 9.59. The summed E-state index contributed by atoms with van der Waals surface area (Å²) < 4.78 is 0. The predicted molar refractivity (Wildman–Crippen MR) is 170 cm³/mol. The van der Waals surface area contributed by atoms with Crippen molar-refractivity contribution in [2.45, 2.75) is 41.5 Å². The quantitative estimate of drug-likeness (QED) is 0.135. The molecule has 0 bridgehead atoms. The summed E-state index contributed by atoms with van der Waals surface area (Å²) >= 11 is 14.9. The number of hydrogen-bond donors (Lipinski definition) is 3. The fourth-order valence-electron chi connectivity index (χ4n) is 3.93. The maximum absolute atomic E-state index is 11.6. The molecule has 0 atom stereocenters. The number of thiocarbonyl (C=S) groups is 3. The largest absolute Gasteiger partial charge is 0.410 e. The van der Waals surface area contributed by atoms with Gasteiger partial charge in [-0.05, 0) is 78.2 Å².